The molecule has 0 saturated heterocycles. The molecule has 2 aromatic rings. The van der Waals surface area contributed by atoms with Crippen molar-refractivity contribution < 1.29 is 14.0 Å². The number of carbonyl (C=O) groups excluding carboxylic acids is 2. The number of rotatable bonds is 5. The van der Waals surface area contributed by atoms with Gasteiger partial charge in [-0.25, -0.2) is 0 Å². The van der Waals surface area contributed by atoms with Gasteiger partial charge in [0.25, 0.3) is 5.91 Å². The van der Waals surface area contributed by atoms with Gasteiger partial charge in [0.1, 0.15) is 6.04 Å². The van der Waals surface area contributed by atoms with Crippen LogP contribution in [0, 0.1) is 12.8 Å². The molecule has 0 saturated carbocycles. The van der Waals surface area contributed by atoms with E-state index in [1.165, 1.54) is 6.26 Å². The first-order valence-electron chi connectivity index (χ1n) is 7.30. The molecule has 0 fully saturated rings. The summed E-state index contributed by atoms with van der Waals surface area (Å²) in [6.07, 6.45) is 1.41. The van der Waals surface area contributed by atoms with Gasteiger partial charge in [-0.15, -0.1) is 0 Å². The minimum absolute atomic E-state index is 0.0819. The molecule has 0 bridgehead atoms. The molecule has 0 aliphatic rings. The van der Waals surface area contributed by atoms with Crippen LogP contribution in [0.15, 0.2) is 41.0 Å². The maximum absolute atomic E-state index is 12.5. The predicted octanol–water partition coefficient (Wildman–Crippen LogP) is 3.63. The number of carbonyl (C=O) groups is 2. The number of furan rings is 1. The van der Waals surface area contributed by atoms with E-state index in [4.69, 9.17) is 16.0 Å². The molecule has 23 heavy (non-hydrogen) atoms. The predicted molar refractivity (Wildman–Crippen MR) is 89.6 cm³/mol. The first kappa shape index (κ1) is 17.1. The summed E-state index contributed by atoms with van der Waals surface area (Å²) in [7, 11) is 0. The zero-order chi connectivity index (χ0) is 17.0. The fourth-order valence-electron chi connectivity index (χ4n) is 2.13. The molecule has 5 nitrogen and oxygen atoms in total. The Morgan fingerprint density at radius 1 is 1.22 bits per heavy atom. The lowest BCUT2D eigenvalue weighted by molar-refractivity contribution is -0.118. The molecule has 122 valence electrons. The van der Waals surface area contributed by atoms with Crippen molar-refractivity contribution in [2.24, 2.45) is 5.92 Å². The molecule has 1 aromatic carbocycles. The van der Waals surface area contributed by atoms with Crippen molar-refractivity contribution in [1.82, 2.24) is 5.32 Å². The molecule has 6 heteroatoms. The van der Waals surface area contributed by atoms with Gasteiger partial charge < -0.3 is 15.1 Å². The van der Waals surface area contributed by atoms with E-state index >= 15 is 0 Å². The SMILES string of the molecule is Cc1cc(Cl)ccc1NC(=O)C(NC(=O)c1ccco1)C(C)C. The Hall–Kier alpha value is -2.27. The summed E-state index contributed by atoms with van der Waals surface area (Å²) >= 11 is 5.91. The summed E-state index contributed by atoms with van der Waals surface area (Å²) in [6.45, 7) is 5.58. The first-order valence-corrected chi connectivity index (χ1v) is 7.67. The van der Waals surface area contributed by atoms with Gasteiger partial charge in [-0.1, -0.05) is 25.4 Å². The van der Waals surface area contributed by atoms with Crippen molar-refractivity contribution in [2.45, 2.75) is 26.8 Å². The molecule has 0 aliphatic carbocycles. The zero-order valence-corrected chi connectivity index (χ0v) is 14.0. The summed E-state index contributed by atoms with van der Waals surface area (Å²) in [6, 6.07) is 7.70. The molecule has 0 spiro atoms. The molecule has 0 aliphatic heterocycles. The van der Waals surface area contributed by atoms with Crippen LogP contribution in [0.4, 0.5) is 5.69 Å². The molecular weight excluding hydrogens is 316 g/mol. The smallest absolute Gasteiger partial charge is 0.287 e. The maximum atomic E-state index is 12.5. The molecule has 1 unspecified atom stereocenters. The van der Waals surface area contributed by atoms with Crippen LogP contribution in [0.25, 0.3) is 0 Å². The van der Waals surface area contributed by atoms with Crippen LogP contribution in [0.3, 0.4) is 0 Å². The fourth-order valence-corrected chi connectivity index (χ4v) is 2.36. The highest BCUT2D eigenvalue weighted by atomic mass is 35.5. The maximum Gasteiger partial charge on any atom is 0.287 e. The van der Waals surface area contributed by atoms with E-state index in [0.717, 1.165) is 5.56 Å². The third-order valence-electron chi connectivity index (χ3n) is 3.43. The Bertz CT molecular complexity index is 696. The summed E-state index contributed by atoms with van der Waals surface area (Å²) < 4.78 is 5.05. The molecular formula is C17H19ClN2O3. The summed E-state index contributed by atoms with van der Waals surface area (Å²) in [4.78, 5) is 24.6. The van der Waals surface area contributed by atoms with E-state index < -0.39 is 11.9 Å². The van der Waals surface area contributed by atoms with Crippen molar-refractivity contribution in [1.29, 1.82) is 0 Å². The van der Waals surface area contributed by atoms with E-state index in [0.29, 0.717) is 10.7 Å². The highest BCUT2D eigenvalue weighted by Crippen LogP contribution is 2.20. The van der Waals surface area contributed by atoms with E-state index in [1.54, 1.807) is 30.3 Å². The van der Waals surface area contributed by atoms with Gasteiger partial charge in [0.15, 0.2) is 5.76 Å². The van der Waals surface area contributed by atoms with Gasteiger partial charge in [-0.05, 0) is 48.7 Å². The van der Waals surface area contributed by atoms with Gasteiger partial charge in [0, 0.05) is 10.7 Å². The fraction of sp³-hybridized carbons (Fsp3) is 0.294. The van der Waals surface area contributed by atoms with Crippen molar-refractivity contribution in [2.75, 3.05) is 5.32 Å². The van der Waals surface area contributed by atoms with Crippen molar-refractivity contribution >= 4 is 29.1 Å². The van der Waals surface area contributed by atoms with Gasteiger partial charge in [0.05, 0.1) is 6.26 Å². The highest BCUT2D eigenvalue weighted by molar-refractivity contribution is 6.30. The molecule has 2 N–H and O–H groups in total. The topological polar surface area (TPSA) is 71.3 Å². The van der Waals surface area contributed by atoms with Crippen LogP contribution in [0.5, 0.6) is 0 Å². The first-order chi connectivity index (χ1) is 10.9. The minimum atomic E-state index is -0.678. The highest BCUT2D eigenvalue weighted by Gasteiger charge is 2.26. The second-order valence-electron chi connectivity index (χ2n) is 5.62. The summed E-state index contributed by atoms with van der Waals surface area (Å²) in [5, 5.41) is 6.13. The van der Waals surface area contributed by atoms with E-state index in [1.807, 2.05) is 20.8 Å². The quantitative estimate of drug-likeness (QED) is 0.877. The average molecular weight is 335 g/mol. The minimum Gasteiger partial charge on any atom is -0.459 e. The van der Waals surface area contributed by atoms with Crippen LogP contribution in [0.1, 0.15) is 30.0 Å². The van der Waals surface area contributed by atoms with E-state index in [2.05, 4.69) is 10.6 Å². The largest absolute Gasteiger partial charge is 0.459 e. The lowest BCUT2D eigenvalue weighted by Gasteiger charge is -2.21. The third-order valence-corrected chi connectivity index (χ3v) is 3.66. The van der Waals surface area contributed by atoms with Crippen molar-refractivity contribution in [3.63, 3.8) is 0 Å². The molecule has 1 aromatic heterocycles. The van der Waals surface area contributed by atoms with Gasteiger partial charge >= 0.3 is 0 Å². The van der Waals surface area contributed by atoms with Crippen LogP contribution < -0.4 is 10.6 Å². The number of amides is 2. The van der Waals surface area contributed by atoms with Gasteiger partial charge in [-0.3, -0.25) is 9.59 Å². The Labute approximate surface area is 140 Å². The Morgan fingerprint density at radius 3 is 2.52 bits per heavy atom. The van der Waals surface area contributed by atoms with Crippen molar-refractivity contribution in [3.05, 3.63) is 52.9 Å². The monoisotopic (exact) mass is 334 g/mol. The van der Waals surface area contributed by atoms with Crippen molar-refractivity contribution in [3.8, 4) is 0 Å². The van der Waals surface area contributed by atoms with Gasteiger partial charge in [0.2, 0.25) is 5.91 Å². The molecule has 2 amide bonds. The number of hydrogen-bond acceptors (Lipinski definition) is 3. The summed E-state index contributed by atoms with van der Waals surface area (Å²) in [5.74, 6) is -0.616. The Morgan fingerprint density at radius 2 is 1.96 bits per heavy atom. The number of nitrogens with one attached hydrogen (secondary N) is 2. The molecule has 1 heterocycles. The second-order valence-corrected chi connectivity index (χ2v) is 6.06. The van der Waals surface area contributed by atoms with Crippen LogP contribution in [0.2, 0.25) is 5.02 Å². The van der Waals surface area contributed by atoms with Crippen LogP contribution in [-0.2, 0) is 4.79 Å². The lowest BCUT2D eigenvalue weighted by Crippen LogP contribution is -2.47. The standard InChI is InChI=1S/C17H19ClN2O3/c1-10(2)15(20-16(21)14-5-4-8-23-14)17(22)19-13-7-6-12(18)9-11(13)3/h4-10,15H,1-3H3,(H,19,22)(H,20,21). The van der Waals surface area contributed by atoms with E-state index in [-0.39, 0.29) is 17.6 Å². The van der Waals surface area contributed by atoms with Crippen LogP contribution in [-0.4, -0.2) is 17.9 Å². The molecule has 0 radical (unpaired) electrons. The summed E-state index contributed by atoms with van der Waals surface area (Å²) in [5.41, 5.74) is 1.52. The van der Waals surface area contributed by atoms with Crippen LogP contribution >= 0.6 is 11.6 Å². The second kappa shape index (κ2) is 7.33. The number of benzene rings is 1. The average Bonchev–Trinajstić information content (AvgIpc) is 3.01. The molecule has 1 atom stereocenters. The zero-order valence-electron chi connectivity index (χ0n) is 13.2. The Kier molecular flexibility index (Phi) is 5.45. The third kappa shape index (κ3) is 4.36. The number of hydrogen-bond donors (Lipinski definition) is 2. The normalized spacial score (nSPS) is 12.0. The number of aryl methyl sites for hydroxylation is 1. The Balaban J connectivity index is 2.10. The molecule has 2 rings (SSSR count). The lowest BCUT2D eigenvalue weighted by atomic mass is 10.0. The van der Waals surface area contributed by atoms with Gasteiger partial charge in [-0.2, -0.15) is 0 Å². The number of halogens is 1. The number of anilines is 1. The van der Waals surface area contributed by atoms with E-state index in [9.17, 15) is 9.59 Å².